The molecule has 1 amide bonds. The van der Waals surface area contributed by atoms with Crippen molar-refractivity contribution in [3.63, 3.8) is 0 Å². The van der Waals surface area contributed by atoms with Crippen LogP contribution in [0.2, 0.25) is 0 Å². The van der Waals surface area contributed by atoms with Crippen molar-refractivity contribution in [2.75, 3.05) is 7.05 Å². The third kappa shape index (κ3) is 3.31. The summed E-state index contributed by atoms with van der Waals surface area (Å²) in [5, 5.41) is 6.61. The molecule has 0 radical (unpaired) electrons. The number of nitrogens with zero attached hydrogens (tertiary/aromatic N) is 4. The van der Waals surface area contributed by atoms with Gasteiger partial charge in [-0.3, -0.25) is 9.48 Å². The van der Waals surface area contributed by atoms with E-state index in [1.54, 1.807) is 28.9 Å². The molecule has 0 fully saturated rings. The summed E-state index contributed by atoms with van der Waals surface area (Å²) in [6, 6.07) is 14.8. The minimum absolute atomic E-state index is 0.0278. The highest BCUT2D eigenvalue weighted by Gasteiger charge is 2.10. The molecule has 0 aliphatic carbocycles. The van der Waals surface area contributed by atoms with Crippen molar-refractivity contribution in [1.29, 1.82) is 0 Å². The van der Waals surface area contributed by atoms with Gasteiger partial charge in [0, 0.05) is 66.8 Å². The van der Waals surface area contributed by atoms with Crippen LogP contribution >= 0.6 is 0 Å². The second-order valence-corrected chi connectivity index (χ2v) is 7.09. The van der Waals surface area contributed by atoms with Crippen LogP contribution in [-0.2, 0) is 24.9 Å². The van der Waals surface area contributed by atoms with Crippen LogP contribution in [-0.4, -0.2) is 32.2 Å². The lowest BCUT2D eigenvalue weighted by atomic mass is 10.1. The van der Waals surface area contributed by atoms with E-state index >= 15 is 0 Å². The Hall–Kier alpha value is -3.34. The Bertz CT molecular complexity index is 1180. The van der Waals surface area contributed by atoms with E-state index in [1.807, 2.05) is 19.3 Å². The topological polar surface area (TPSA) is 43.1 Å². The van der Waals surface area contributed by atoms with Gasteiger partial charge in [0.2, 0.25) is 5.91 Å². The molecule has 2 aromatic heterocycles. The number of amides is 1. The Labute approximate surface area is 164 Å². The van der Waals surface area contributed by atoms with E-state index in [1.165, 1.54) is 21.8 Å². The molecule has 2 heterocycles. The first kappa shape index (κ1) is 18.0. The summed E-state index contributed by atoms with van der Waals surface area (Å²) < 4.78 is 4.07. The van der Waals surface area contributed by atoms with E-state index in [9.17, 15) is 4.79 Å². The van der Waals surface area contributed by atoms with Gasteiger partial charge in [-0.05, 0) is 36.8 Å². The number of likely N-dealkylation sites (N-methyl/N-ethyl adjacent to an activating group) is 1. The Morgan fingerprint density at radius 3 is 2.68 bits per heavy atom. The van der Waals surface area contributed by atoms with E-state index in [2.05, 4.69) is 59.1 Å². The number of fused-ring (bicyclic) bond motifs is 3. The van der Waals surface area contributed by atoms with Gasteiger partial charge in [-0.2, -0.15) is 5.10 Å². The van der Waals surface area contributed by atoms with Crippen molar-refractivity contribution in [1.82, 2.24) is 19.2 Å². The first-order chi connectivity index (χ1) is 13.6. The third-order valence-electron chi connectivity index (χ3n) is 5.09. The SMILES string of the molecule is CCn1c2ccccc2c2cc(/C=C/C(=O)N(C)Cc3cnn(C)c3)ccc21. The number of rotatable bonds is 5. The van der Waals surface area contributed by atoms with Crippen LogP contribution in [0.5, 0.6) is 0 Å². The Balaban J connectivity index is 1.59. The van der Waals surface area contributed by atoms with Gasteiger partial charge in [0.15, 0.2) is 0 Å². The van der Waals surface area contributed by atoms with Gasteiger partial charge in [0.25, 0.3) is 0 Å². The summed E-state index contributed by atoms with van der Waals surface area (Å²) in [5.74, 6) is -0.0278. The number of aryl methyl sites for hydroxylation is 2. The molecule has 0 spiro atoms. The molecule has 0 aliphatic heterocycles. The number of hydrogen-bond acceptors (Lipinski definition) is 2. The fourth-order valence-corrected chi connectivity index (χ4v) is 3.72. The molecule has 5 heteroatoms. The molecule has 28 heavy (non-hydrogen) atoms. The zero-order valence-electron chi connectivity index (χ0n) is 16.5. The van der Waals surface area contributed by atoms with Crippen LogP contribution in [0.25, 0.3) is 27.9 Å². The Morgan fingerprint density at radius 2 is 1.93 bits per heavy atom. The predicted octanol–water partition coefficient (Wildman–Crippen LogP) is 4.22. The van der Waals surface area contributed by atoms with Crippen molar-refractivity contribution in [2.24, 2.45) is 7.05 Å². The standard InChI is InChI=1S/C23H24N4O/c1-4-27-21-8-6-5-7-19(21)20-13-17(9-11-22(20)27)10-12-23(28)25(2)15-18-14-24-26(3)16-18/h5-14,16H,4,15H2,1-3H3/b12-10+. The van der Waals surface area contributed by atoms with E-state index in [0.717, 1.165) is 17.7 Å². The molecule has 0 saturated carbocycles. The van der Waals surface area contributed by atoms with Gasteiger partial charge in [0.1, 0.15) is 0 Å². The monoisotopic (exact) mass is 372 g/mol. The van der Waals surface area contributed by atoms with Crippen LogP contribution in [0.3, 0.4) is 0 Å². The summed E-state index contributed by atoms with van der Waals surface area (Å²) >= 11 is 0. The molecule has 0 unspecified atom stereocenters. The smallest absolute Gasteiger partial charge is 0.246 e. The molecule has 0 N–H and O–H groups in total. The second-order valence-electron chi connectivity index (χ2n) is 7.09. The maximum absolute atomic E-state index is 12.5. The van der Waals surface area contributed by atoms with Gasteiger partial charge in [-0.15, -0.1) is 0 Å². The number of benzene rings is 2. The van der Waals surface area contributed by atoms with E-state index in [4.69, 9.17) is 0 Å². The molecule has 0 bridgehead atoms. The molecule has 2 aromatic carbocycles. The number of hydrogen-bond donors (Lipinski definition) is 0. The fourth-order valence-electron chi connectivity index (χ4n) is 3.72. The van der Waals surface area contributed by atoms with Gasteiger partial charge in [-0.25, -0.2) is 0 Å². The second kappa shape index (κ2) is 7.35. The summed E-state index contributed by atoms with van der Waals surface area (Å²) in [6.07, 6.45) is 7.23. The van der Waals surface area contributed by atoms with Crippen LogP contribution in [0.1, 0.15) is 18.1 Å². The summed E-state index contributed by atoms with van der Waals surface area (Å²) in [4.78, 5) is 14.2. The molecule has 0 aliphatic rings. The van der Waals surface area contributed by atoms with Crippen LogP contribution in [0.4, 0.5) is 0 Å². The van der Waals surface area contributed by atoms with Gasteiger partial charge in [0.05, 0.1) is 6.20 Å². The summed E-state index contributed by atoms with van der Waals surface area (Å²) in [5.41, 5.74) is 4.50. The van der Waals surface area contributed by atoms with Crippen LogP contribution < -0.4 is 0 Å². The van der Waals surface area contributed by atoms with Crippen molar-refractivity contribution in [2.45, 2.75) is 20.0 Å². The highest BCUT2D eigenvalue weighted by atomic mass is 16.2. The minimum atomic E-state index is -0.0278. The number of aromatic nitrogens is 3. The Kier molecular flexibility index (Phi) is 4.74. The van der Waals surface area contributed by atoms with Crippen molar-refractivity contribution < 1.29 is 4.79 Å². The first-order valence-electron chi connectivity index (χ1n) is 9.48. The molecular weight excluding hydrogens is 348 g/mol. The maximum atomic E-state index is 12.5. The van der Waals surface area contributed by atoms with E-state index in [0.29, 0.717) is 6.54 Å². The average Bonchev–Trinajstić information content (AvgIpc) is 3.26. The van der Waals surface area contributed by atoms with E-state index in [-0.39, 0.29) is 5.91 Å². The molecular formula is C23H24N4O. The number of para-hydroxylation sites is 1. The lowest BCUT2D eigenvalue weighted by Crippen LogP contribution is -2.23. The minimum Gasteiger partial charge on any atom is -0.341 e. The molecule has 4 aromatic rings. The summed E-state index contributed by atoms with van der Waals surface area (Å²) in [6.45, 7) is 3.63. The van der Waals surface area contributed by atoms with Crippen LogP contribution in [0, 0.1) is 0 Å². The summed E-state index contributed by atoms with van der Waals surface area (Å²) in [7, 11) is 3.68. The predicted molar refractivity (Wildman–Crippen MR) is 114 cm³/mol. The van der Waals surface area contributed by atoms with Crippen molar-refractivity contribution >= 4 is 33.8 Å². The lowest BCUT2D eigenvalue weighted by Gasteiger charge is -2.13. The normalized spacial score (nSPS) is 11.7. The van der Waals surface area contributed by atoms with Crippen molar-refractivity contribution in [3.8, 4) is 0 Å². The quantitative estimate of drug-likeness (QED) is 0.492. The zero-order valence-corrected chi connectivity index (χ0v) is 16.5. The fraction of sp³-hybridized carbons (Fsp3) is 0.217. The largest absolute Gasteiger partial charge is 0.341 e. The molecule has 0 saturated heterocycles. The number of carbonyl (C=O) groups is 1. The average molecular weight is 372 g/mol. The maximum Gasteiger partial charge on any atom is 0.246 e. The molecule has 0 atom stereocenters. The number of carbonyl (C=O) groups excluding carboxylic acids is 1. The first-order valence-corrected chi connectivity index (χ1v) is 9.48. The van der Waals surface area contributed by atoms with Crippen LogP contribution in [0.15, 0.2) is 60.9 Å². The zero-order chi connectivity index (χ0) is 19.7. The molecule has 5 nitrogen and oxygen atoms in total. The lowest BCUT2D eigenvalue weighted by molar-refractivity contribution is -0.125. The van der Waals surface area contributed by atoms with Crippen molar-refractivity contribution in [3.05, 3.63) is 72.1 Å². The Morgan fingerprint density at radius 1 is 1.14 bits per heavy atom. The van der Waals surface area contributed by atoms with Gasteiger partial charge in [-0.1, -0.05) is 24.3 Å². The van der Waals surface area contributed by atoms with Gasteiger partial charge >= 0.3 is 0 Å². The van der Waals surface area contributed by atoms with Gasteiger partial charge < -0.3 is 9.47 Å². The highest BCUT2D eigenvalue weighted by molar-refractivity contribution is 6.08. The molecule has 4 rings (SSSR count). The van der Waals surface area contributed by atoms with E-state index < -0.39 is 0 Å². The molecule has 142 valence electrons. The highest BCUT2D eigenvalue weighted by Crippen LogP contribution is 2.29. The third-order valence-corrected chi connectivity index (χ3v) is 5.09.